The minimum absolute atomic E-state index is 0.0748. The molecule has 0 radical (unpaired) electrons. The normalized spacial score (nSPS) is 10.4. The smallest absolute Gasteiger partial charge is 0.297 e. The van der Waals surface area contributed by atoms with Crippen molar-refractivity contribution < 1.29 is 19.3 Å². The first-order chi connectivity index (χ1) is 13.8. The molecule has 0 saturated heterocycles. The van der Waals surface area contributed by atoms with E-state index in [4.69, 9.17) is 5.73 Å². The first-order valence-electron chi connectivity index (χ1n) is 8.38. The number of anilines is 1. The van der Waals surface area contributed by atoms with Gasteiger partial charge in [0.1, 0.15) is 5.00 Å². The molecule has 146 valence electrons. The van der Waals surface area contributed by atoms with Gasteiger partial charge >= 0.3 is 0 Å². The summed E-state index contributed by atoms with van der Waals surface area (Å²) in [4.78, 5) is 47.9. The van der Waals surface area contributed by atoms with E-state index >= 15 is 0 Å². The average molecular weight is 409 g/mol. The number of rotatable bonds is 6. The number of ketones is 1. The van der Waals surface area contributed by atoms with E-state index in [-0.39, 0.29) is 27.4 Å². The molecule has 3 rings (SSSR count). The zero-order chi connectivity index (χ0) is 21.1. The number of benzene rings is 2. The standard InChI is InChI=1S/C20H15N3O5S/c1-11-13(8-5-9-15(11)23(27)28)17(24)19(26)22-20-14(18(21)25)10-16(29-20)12-6-3-2-4-7-12/h2-10H,1H3,(H2,21,25)(H,22,26). The molecule has 0 bridgehead atoms. The molecule has 3 N–H and O–H groups in total. The fourth-order valence-corrected chi connectivity index (χ4v) is 3.82. The van der Waals surface area contributed by atoms with Crippen LogP contribution in [0.1, 0.15) is 26.3 Å². The summed E-state index contributed by atoms with van der Waals surface area (Å²) in [7, 11) is 0. The Hall–Kier alpha value is -3.85. The third-order valence-electron chi connectivity index (χ3n) is 4.24. The molecule has 0 unspecified atom stereocenters. The van der Waals surface area contributed by atoms with E-state index in [1.54, 1.807) is 6.07 Å². The summed E-state index contributed by atoms with van der Waals surface area (Å²) in [6, 6.07) is 14.6. The quantitative estimate of drug-likeness (QED) is 0.278. The fraction of sp³-hybridized carbons (Fsp3) is 0.0500. The number of primary amides is 1. The van der Waals surface area contributed by atoms with Crippen molar-refractivity contribution in [2.45, 2.75) is 6.92 Å². The highest BCUT2D eigenvalue weighted by Gasteiger charge is 2.25. The van der Waals surface area contributed by atoms with Crippen LogP contribution < -0.4 is 11.1 Å². The number of amides is 2. The molecule has 1 aromatic heterocycles. The van der Waals surface area contributed by atoms with Crippen LogP contribution in [-0.2, 0) is 4.79 Å². The van der Waals surface area contributed by atoms with E-state index in [9.17, 15) is 24.5 Å². The number of carbonyl (C=O) groups excluding carboxylic acids is 3. The zero-order valence-electron chi connectivity index (χ0n) is 15.2. The van der Waals surface area contributed by atoms with Gasteiger partial charge in [-0.15, -0.1) is 11.3 Å². The number of hydrogen-bond acceptors (Lipinski definition) is 6. The van der Waals surface area contributed by atoms with E-state index in [1.807, 2.05) is 30.3 Å². The lowest BCUT2D eigenvalue weighted by Crippen LogP contribution is -2.24. The van der Waals surface area contributed by atoms with Gasteiger partial charge in [0.05, 0.1) is 10.5 Å². The van der Waals surface area contributed by atoms with Gasteiger partial charge in [-0.1, -0.05) is 42.5 Å². The van der Waals surface area contributed by atoms with Gasteiger partial charge in [0.2, 0.25) is 0 Å². The molecular weight excluding hydrogens is 394 g/mol. The molecule has 3 aromatic rings. The van der Waals surface area contributed by atoms with Gasteiger partial charge in [-0.05, 0) is 18.6 Å². The zero-order valence-corrected chi connectivity index (χ0v) is 16.0. The summed E-state index contributed by atoms with van der Waals surface area (Å²) in [6.45, 7) is 1.39. The number of nitro benzene ring substituents is 1. The van der Waals surface area contributed by atoms with Gasteiger partial charge in [-0.3, -0.25) is 24.5 Å². The Balaban J connectivity index is 1.92. The Morgan fingerprint density at radius 3 is 2.34 bits per heavy atom. The highest BCUT2D eigenvalue weighted by atomic mass is 32.1. The topological polar surface area (TPSA) is 132 Å². The van der Waals surface area contributed by atoms with E-state index in [0.717, 1.165) is 16.9 Å². The van der Waals surface area contributed by atoms with Crippen LogP contribution in [0.3, 0.4) is 0 Å². The Morgan fingerprint density at radius 1 is 1.03 bits per heavy atom. The van der Waals surface area contributed by atoms with Gasteiger partial charge < -0.3 is 11.1 Å². The molecule has 0 fully saturated rings. The summed E-state index contributed by atoms with van der Waals surface area (Å²) in [6.07, 6.45) is 0. The van der Waals surface area contributed by atoms with Crippen molar-refractivity contribution in [1.82, 2.24) is 0 Å². The van der Waals surface area contributed by atoms with Crippen molar-refractivity contribution in [1.29, 1.82) is 0 Å². The number of nitro groups is 1. The number of thiophene rings is 1. The van der Waals surface area contributed by atoms with Crippen LogP contribution >= 0.6 is 11.3 Å². The molecule has 0 aliphatic heterocycles. The number of Topliss-reactive ketones (excluding diaryl/α,β-unsaturated/α-hetero) is 1. The minimum atomic E-state index is -1.02. The van der Waals surface area contributed by atoms with Crippen molar-refractivity contribution in [3.05, 3.63) is 81.4 Å². The number of carbonyl (C=O) groups is 3. The van der Waals surface area contributed by atoms with Gasteiger partial charge in [0.15, 0.2) is 0 Å². The van der Waals surface area contributed by atoms with Crippen molar-refractivity contribution in [2.75, 3.05) is 5.32 Å². The Kier molecular flexibility index (Phi) is 5.51. The summed E-state index contributed by atoms with van der Waals surface area (Å²) >= 11 is 1.10. The number of nitrogens with one attached hydrogen (secondary N) is 1. The van der Waals surface area contributed by atoms with Gasteiger partial charge in [-0.25, -0.2) is 0 Å². The Morgan fingerprint density at radius 2 is 1.72 bits per heavy atom. The monoisotopic (exact) mass is 409 g/mol. The van der Waals surface area contributed by atoms with E-state index in [2.05, 4.69) is 5.32 Å². The van der Waals surface area contributed by atoms with Crippen molar-refractivity contribution >= 4 is 39.6 Å². The molecule has 0 aliphatic carbocycles. The van der Waals surface area contributed by atoms with Crippen LogP contribution in [0.2, 0.25) is 0 Å². The molecular formula is C20H15N3O5S. The third-order valence-corrected chi connectivity index (χ3v) is 5.34. The molecule has 0 saturated carbocycles. The van der Waals surface area contributed by atoms with Crippen molar-refractivity contribution in [2.24, 2.45) is 5.73 Å². The van der Waals surface area contributed by atoms with Crippen LogP contribution in [0, 0.1) is 17.0 Å². The molecule has 2 amide bonds. The Bertz CT molecular complexity index is 1140. The van der Waals surface area contributed by atoms with Crippen molar-refractivity contribution in [3.63, 3.8) is 0 Å². The van der Waals surface area contributed by atoms with Crippen LogP contribution in [0.4, 0.5) is 10.7 Å². The van der Waals surface area contributed by atoms with Gasteiger partial charge in [0.25, 0.3) is 23.3 Å². The lowest BCUT2D eigenvalue weighted by Gasteiger charge is -2.06. The van der Waals surface area contributed by atoms with Gasteiger partial charge in [0, 0.05) is 22.1 Å². The van der Waals surface area contributed by atoms with Crippen LogP contribution in [0.5, 0.6) is 0 Å². The molecule has 8 nitrogen and oxygen atoms in total. The predicted octanol–water partition coefficient (Wildman–Crippen LogP) is 3.55. The fourth-order valence-electron chi connectivity index (χ4n) is 2.76. The third kappa shape index (κ3) is 4.04. The predicted molar refractivity (Wildman–Crippen MR) is 109 cm³/mol. The number of nitrogens with two attached hydrogens (primary N) is 1. The largest absolute Gasteiger partial charge is 0.366 e. The average Bonchev–Trinajstić information content (AvgIpc) is 3.12. The highest BCUT2D eigenvalue weighted by Crippen LogP contribution is 2.35. The second kappa shape index (κ2) is 8.03. The Labute approximate surface area is 169 Å². The molecule has 2 aromatic carbocycles. The lowest BCUT2D eigenvalue weighted by molar-refractivity contribution is -0.385. The molecule has 0 atom stereocenters. The second-order valence-corrected chi connectivity index (χ2v) is 7.13. The van der Waals surface area contributed by atoms with Gasteiger partial charge in [-0.2, -0.15) is 0 Å². The summed E-state index contributed by atoms with van der Waals surface area (Å²) in [5.74, 6) is -2.72. The maximum atomic E-state index is 12.6. The summed E-state index contributed by atoms with van der Waals surface area (Å²) < 4.78 is 0. The molecule has 9 heteroatoms. The van der Waals surface area contributed by atoms with E-state index in [0.29, 0.717) is 4.88 Å². The molecule has 0 spiro atoms. The minimum Gasteiger partial charge on any atom is -0.366 e. The van der Waals surface area contributed by atoms with Crippen LogP contribution in [0.25, 0.3) is 10.4 Å². The second-order valence-electron chi connectivity index (χ2n) is 6.07. The highest BCUT2D eigenvalue weighted by molar-refractivity contribution is 7.20. The molecule has 1 heterocycles. The lowest BCUT2D eigenvalue weighted by atomic mass is 10.0. The van der Waals surface area contributed by atoms with E-state index < -0.39 is 22.5 Å². The van der Waals surface area contributed by atoms with E-state index in [1.165, 1.54) is 25.1 Å². The molecule has 29 heavy (non-hydrogen) atoms. The van der Waals surface area contributed by atoms with Crippen LogP contribution in [-0.4, -0.2) is 22.5 Å². The molecule has 0 aliphatic rings. The number of hydrogen-bond donors (Lipinski definition) is 2. The maximum Gasteiger partial charge on any atom is 0.297 e. The summed E-state index contributed by atoms with van der Waals surface area (Å²) in [5, 5.41) is 13.6. The SMILES string of the molecule is Cc1c(C(=O)C(=O)Nc2sc(-c3ccccc3)cc2C(N)=O)cccc1[N+](=O)[O-]. The number of nitrogens with zero attached hydrogens (tertiary/aromatic N) is 1. The first-order valence-corrected chi connectivity index (χ1v) is 9.20. The van der Waals surface area contributed by atoms with Crippen LogP contribution in [0.15, 0.2) is 54.6 Å². The first kappa shape index (κ1) is 19.9. The van der Waals surface area contributed by atoms with Crippen molar-refractivity contribution in [3.8, 4) is 10.4 Å². The summed E-state index contributed by atoms with van der Waals surface area (Å²) in [5.41, 5.74) is 6.04. The maximum absolute atomic E-state index is 12.6.